The molecule has 1 aromatic carbocycles. The van der Waals surface area contributed by atoms with Crippen molar-refractivity contribution in [3.8, 4) is 5.75 Å². The van der Waals surface area contributed by atoms with E-state index in [0.717, 1.165) is 0 Å². The SMILES string of the molecule is CC(=O)N[C@H](C(=O)N1CCC[C@H]1C(=O)N(C)[C@@H](CCCN=C(N)N)C(=O)C[C@@H](CCCN=C(N)N)C(=O)N1CCC[C@H]1C(=O)C[C@@H](Cc1ccc(O)cc1)C(=O)N[C@H](C(=O)C[C@@H](CC(C)C)C(=O)O)C(C)(C)C)C(C)(C)S. The van der Waals surface area contributed by atoms with Gasteiger partial charge in [-0.1, -0.05) is 46.8 Å². The smallest absolute Gasteiger partial charge is 0.306 e. The number of ketones is 3. The van der Waals surface area contributed by atoms with Crippen LogP contribution in [0.15, 0.2) is 34.3 Å². The van der Waals surface area contributed by atoms with Crippen molar-refractivity contribution < 1.29 is 53.4 Å². The average molecular weight is 1100 g/mol. The average Bonchev–Trinajstić information content (AvgIpc) is 4.03. The lowest BCUT2D eigenvalue weighted by atomic mass is 9.80. The molecular weight excluding hydrogens is 1010 g/mol. The number of nitrogens with one attached hydrogen (secondary N) is 2. The van der Waals surface area contributed by atoms with Gasteiger partial charge in [-0.3, -0.25) is 53.1 Å². The van der Waals surface area contributed by atoms with Crippen LogP contribution in [0.2, 0.25) is 0 Å². The molecule has 0 bridgehead atoms. The summed E-state index contributed by atoms with van der Waals surface area (Å²) in [5.41, 5.74) is 22.2. The number of rotatable bonds is 30. The molecule has 8 atom stereocenters. The van der Waals surface area contributed by atoms with Crippen molar-refractivity contribution in [2.75, 3.05) is 33.2 Å². The molecule has 12 N–H and O–H groups in total. The summed E-state index contributed by atoms with van der Waals surface area (Å²) in [7, 11) is 1.47. The Morgan fingerprint density at radius 3 is 1.78 bits per heavy atom. The highest BCUT2D eigenvalue weighted by Gasteiger charge is 2.46. The van der Waals surface area contributed by atoms with Gasteiger partial charge in [0.25, 0.3) is 0 Å². The number of Topliss-reactive ketones (excluding diaryl/α,β-unsaturated/α-hetero) is 3. The minimum absolute atomic E-state index is 0.00569. The van der Waals surface area contributed by atoms with Crippen molar-refractivity contribution in [3.63, 3.8) is 0 Å². The fraction of sp³-hybridized carbons (Fsp3) is 0.685. The van der Waals surface area contributed by atoms with E-state index in [-0.39, 0.29) is 120 Å². The third kappa shape index (κ3) is 20.2. The first-order chi connectivity index (χ1) is 35.8. The van der Waals surface area contributed by atoms with Gasteiger partial charge in [0.1, 0.15) is 17.8 Å². The van der Waals surface area contributed by atoms with Crippen LogP contribution in [0, 0.1) is 29.1 Å². The summed E-state index contributed by atoms with van der Waals surface area (Å²) in [6, 6.07) is 0.868. The van der Waals surface area contributed by atoms with E-state index in [1.54, 1.807) is 46.8 Å². The molecule has 22 nitrogen and oxygen atoms in total. The van der Waals surface area contributed by atoms with E-state index in [2.05, 4.69) is 33.2 Å². The van der Waals surface area contributed by atoms with Gasteiger partial charge in [-0.2, -0.15) is 12.6 Å². The molecule has 0 radical (unpaired) electrons. The number of amides is 5. The van der Waals surface area contributed by atoms with Crippen LogP contribution in [0.1, 0.15) is 138 Å². The third-order valence-electron chi connectivity index (χ3n) is 14.2. The van der Waals surface area contributed by atoms with Crippen LogP contribution >= 0.6 is 12.6 Å². The molecule has 2 aliphatic rings. The Balaban J connectivity index is 2.00. The van der Waals surface area contributed by atoms with Crippen LogP contribution in [0.5, 0.6) is 5.75 Å². The number of nitrogens with two attached hydrogens (primary N) is 4. The highest BCUT2D eigenvalue weighted by Crippen LogP contribution is 2.31. The number of likely N-dealkylation sites (tertiary alicyclic amines) is 2. The van der Waals surface area contributed by atoms with E-state index < -0.39 is 111 Å². The van der Waals surface area contributed by atoms with E-state index in [4.69, 9.17) is 22.9 Å². The van der Waals surface area contributed by atoms with Crippen molar-refractivity contribution in [1.82, 2.24) is 25.3 Å². The molecule has 2 fully saturated rings. The topological polar surface area (TPSA) is 357 Å². The molecule has 0 unspecified atom stereocenters. The second-order valence-corrected chi connectivity index (χ2v) is 23.9. The second-order valence-electron chi connectivity index (χ2n) is 22.8. The van der Waals surface area contributed by atoms with Gasteiger partial charge in [0.05, 0.1) is 24.0 Å². The number of likely N-dealkylation sites (N-methyl/N-ethyl adjacent to an activating group) is 1. The third-order valence-corrected chi connectivity index (χ3v) is 14.5. The van der Waals surface area contributed by atoms with Crippen LogP contribution < -0.4 is 33.6 Å². The molecule has 5 amide bonds. The number of carboxylic acids is 1. The van der Waals surface area contributed by atoms with Crippen LogP contribution in [0.4, 0.5) is 0 Å². The molecule has 3 rings (SSSR count). The number of nitrogens with zero attached hydrogens (tertiary/aromatic N) is 5. The summed E-state index contributed by atoms with van der Waals surface area (Å²) in [4.78, 5) is 138. The maximum absolute atomic E-state index is 15.0. The van der Waals surface area contributed by atoms with E-state index in [1.165, 1.54) is 40.8 Å². The number of carbonyl (C=O) groups excluding carboxylic acids is 8. The zero-order valence-corrected chi connectivity index (χ0v) is 47.5. The first-order valence-corrected chi connectivity index (χ1v) is 27.2. The zero-order valence-electron chi connectivity index (χ0n) is 46.6. The molecule has 0 spiro atoms. The van der Waals surface area contributed by atoms with Crippen LogP contribution in [-0.4, -0.2) is 158 Å². The summed E-state index contributed by atoms with van der Waals surface area (Å²) >= 11 is 4.58. The predicted octanol–water partition coefficient (Wildman–Crippen LogP) is 2.45. The first kappa shape index (κ1) is 65.0. The Labute approximate surface area is 459 Å². The van der Waals surface area contributed by atoms with Gasteiger partial charge in [-0.25, -0.2) is 0 Å². The number of aliphatic imine (C=N–C) groups is 2. The number of guanidine groups is 2. The first-order valence-electron chi connectivity index (χ1n) is 26.7. The molecule has 23 heteroatoms. The Morgan fingerprint density at radius 2 is 1.27 bits per heavy atom. The van der Waals surface area contributed by atoms with Gasteiger partial charge < -0.3 is 58.5 Å². The van der Waals surface area contributed by atoms with E-state index >= 15 is 0 Å². The molecule has 0 aromatic heterocycles. The van der Waals surface area contributed by atoms with Crippen molar-refractivity contribution in [2.45, 2.75) is 174 Å². The number of benzene rings is 1. The predicted molar refractivity (Wildman–Crippen MR) is 296 cm³/mol. The minimum Gasteiger partial charge on any atom is -0.508 e. The van der Waals surface area contributed by atoms with Gasteiger partial charge in [0, 0.05) is 76.0 Å². The van der Waals surface area contributed by atoms with Gasteiger partial charge in [-0.15, -0.1) is 0 Å². The lowest BCUT2D eigenvalue weighted by Gasteiger charge is -2.37. The maximum Gasteiger partial charge on any atom is 0.306 e. The van der Waals surface area contributed by atoms with Crippen molar-refractivity contribution in [2.24, 2.45) is 62.0 Å². The fourth-order valence-electron chi connectivity index (χ4n) is 10.3. The van der Waals surface area contributed by atoms with E-state index in [1.807, 2.05) is 13.8 Å². The highest BCUT2D eigenvalue weighted by molar-refractivity contribution is 7.81. The zero-order chi connectivity index (χ0) is 58.1. The molecule has 2 saturated heterocycles. The number of phenolic OH excluding ortho intramolecular Hbond substituents is 1. The van der Waals surface area contributed by atoms with Crippen molar-refractivity contribution in [3.05, 3.63) is 29.8 Å². The number of carbonyl (C=O) groups is 9. The molecule has 430 valence electrons. The number of carboxylic acid groups (broad SMARTS) is 1. The number of aromatic hydroxyl groups is 1. The standard InChI is InChI=1S/C54H87N11O11S/c1-31(2)26-36(50(75)76)30-43(70)44(53(4,5)6)62-46(71)35(27-33-18-20-37(67)21-19-33)29-42(69)39-16-12-24-64(39)47(72)34(14-10-22-59-51(55)56)28-41(68)38(15-11-23-60-52(57)58)63(9)48(73)40-17-13-25-65(40)49(74)45(54(7,8)77)61-32(3)66/h18-21,31,34-36,38-40,44-45,67,77H,10-17,22-30H2,1-9H3,(H,61,66)(H,62,71)(H,75,76)(H4,55,56,59)(H4,57,58,60)/t34-,35-,36-,38+,39+,40+,44-,45-/m1/s1. The number of aliphatic carboxylic acids is 1. The Hall–Kier alpha value is -6.26. The number of phenols is 1. The molecule has 1 aromatic rings. The normalized spacial score (nSPS) is 18.0. The van der Waals surface area contributed by atoms with Crippen LogP contribution in [0.25, 0.3) is 0 Å². The molecular formula is C54H87N11O11S. The monoisotopic (exact) mass is 1100 g/mol. The van der Waals surface area contributed by atoms with E-state index in [9.17, 15) is 53.4 Å². The fourth-order valence-corrected chi connectivity index (χ4v) is 10.5. The summed E-state index contributed by atoms with van der Waals surface area (Å²) < 4.78 is -0.999. The van der Waals surface area contributed by atoms with Gasteiger partial charge in [0.2, 0.25) is 29.5 Å². The van der Waals surface area contributed by atoms with Crippen LogP contribution in [-0.2, 0) is 49.6 Å². The van der Waals surface area contributed by atoms with Gasteiger partial charge in [-0.05, 0) is 107 Å². The maximum atomic E-state index is 15.0. The summed E-state index contributed by atoms with van der Waals surface area (Å²) in [5.74, 6) is -8.48. The summed E-state index contributed by atoms with van der Waals surface area (Å²) in [6.45, 7) is 14.2. The number of hydrogen-bond acceptors (Lipinski definition) is 13. The largest absolute Gasteiger partial charge is 0.508 e. The minimum atomic E-state index is -1.12. The quantitative estimate of drug-likeness (QED) is 0.0231. The summed E-state index contributed by atoms with van der Waals surface area (Å²) in [5, 5.41) is 25.5. The highest BCUT2D eigenvalue weighted by atomic mass is 32.1. The molecule has 0 aliphatic carbocycles. The van der Waals surface area contributed by atoms with Crippen molar-refractivity contribution >= 4 is 77.4 Å². The lowest BCUT2D eigenvalue weighted by molar-refractivity contribution is -0.149. The second kappa shape index (κ2) is 29.5. The molecule has 2 aliphatic heterocycles. The molecule has 77 heavy (non-hydrogen) atoms. The molecule has 0 saturated carbocycles. The number of hydrogen-bond donors (Lipinski definition) is 9. The van der Waals surface area contributed by atoms with E-state index in [0.29, 0.717) is 18.4 Å². The Bertz CT molecular complexity index is 2310. The van der Waals surface area contributed by atoms with Gasteiger partial charge >= 0.3 is 5.97 Å². The van der Waals surface area contributed by atoms with Gasteiger partial charge in [0.15, 0.2) is 29.3 Å². The van der Waals surface area contributed by atoms with Crippen molar-refractivity contribution in [1.29, 1.82) is 0 Å². The van der Waals surface area contributed by atoms with Crippen LogP contribution in [0.3, 0.4) is 0 Å². The Kier molecular flexibility index (Phi) is 24.9. The summed E-state index contributed by atoms with van der Waals surface area (Å²) in [6.07, 6.45) is 1.43. The molecule has 2 heterocycles. The Morgan fingerprint density at radius 1 is 0.740 bits per heavy atom. The lowest BCUT2D eigenvalue weighted by Crippen LogP contribution is -2.59. The number of thiol groups is 1.